The Morgan fingerprint density at radius 2 is 2.17 bits per heavy atom. The summed E-state index contributed by atoms with van der Waals surface area (Å²) in [6.45, 7) is 7.68. The maximum atomic E-state index is 11.8. The Morgan fingerprint density at radius 3 is 2.79 bits per heavy atom. The first-order valence-electron chi connectivity index (χ1n) is 7.65. The number of pyridine rings is 1. The molecule has 0 radical (unpaired) electrons. The Kier molecular flexibility index (Phi) is 8.67. The molecule has 0 saturated heterocycles. The number of nitrogens with one attached hydrogen (secondary N) is 1. The summed E-state index contributed by atoms with van der Waals surface area (Å²) in [6, 6.07) is 2.82. The van der Waals surface area contributed by atoms with Gasteiger partial charge in [-0.15, -0.1) is 0 Å². The van der Waals surface area contributed by atoms with E-state index in [0.717, 1.165) is 10.5 Å². The van der Waals surface area contributed by atoms with E-state index in [9.17, 15) is 4.79 Å². The van der Waals surface area contributed by atoms with Gasteiger partial charge in [0, 0.05) is 25.4 Å². The zero-order valence-corrected chi connectivity index (χ0v) is 17.2. The molecule has 9 heteroatoms. The third-order valence-corrected chi connectivity index (χ3v) is 5.31. The van der Waals surface area contributed by atoms with Crippen LogP contribution in [0.2, 0.25) is 25.7 Å². The molecular formula is C15H26BrN3O4Si. The van der Waals surface area contributed by atoms with E-state index >= 15 is 0 Å². The second kappa shape index (κ2) is 9.97. The lowest BCUT2D eigenvalue weighted by molar-refractivity contribution is -0.162. The summed E-state index contributed by atoms with van der Waals surface area (Å²) in [5.74, 6) is -0.133. The van der Waals surface area contributed by atoms with E-state index < -0.39 is 20.1 Å². The Hall–Kier alpha value is -1.16. The van der Waals surface area contributed by atoms with Crippen LogP contribution < -0.4 is 11.1 Å². The topological polar surface area (TPSA) is 95.7 Å². The minimum Gasteiger partial charge on any atom is -0.467 e. The Bertz CT molecular complexity index is 540. The zero-order chi connectivity index (χ0) is 18.2. The molecule has 3 N–H and O–H groups in total. The first kappa shape index (κ1) is 20.9. The molecule has 1 aromatic rings. The van der Waals surface area contributed by atoms with Crippen molar-refractivity contribution in [2.45, 2.75) is 31.8 Å². The summed E-state index contributed by atoms with van der Waals surface area (Å²) in [5, 5.41) is 3.04. The first-order chi connectivity index (χ1) is 11.2. The summed E-state index contributed by atoms with van der Waals surface area (Å²) in [5.41, 5.74) is 6.40. The zero-order valence-electron chi connectivity index (χ0n) is 14.6. The van der Waals surface area contributed by atoms with Crippen LogP contribution in [0.5, 0.6) is 0 Å². The minimum atomic E-state index is -1.14. The molecule has 0 fully saturated rings. The molecule has 0 spiro atoms. The van der Waals surface area contributed by atoms with Crippen molar-refractivity contribution in [2.24, 2.45) is 0 Å². The monoisotopic (exact) mass is 419 g/mol. The van der Waals surface area contributed by atoms with Gasteiger partial charge in [0.1, 0.15) is 12.6 Å². The third kappa shape index (κ3) is 8.09. The van der Waals surface area contributed by atoms with Gasteiger partial charge in [-0.2, -0.15) is 0 Å². The second-order valence-corrected chi connectivity index (χ2v) is 13.0. The average Bonchev–Trinajstić information content (AvgIpc) is 2.51. The summed E-state index contributed by atoms with van der Waals surface area (Å²) >= 11 is 3.32. The number of aromatic nitrogens is 1. The molecule has 0 bridgehead atoms. The van der Waals surface area contributed by atoms with Gasteiger partial charge in [-0.3, -0.25) is 0 Å². The van der Waals surface area contributed by atoms with E-state index in [-0.39, 0.29) is 13.3 Å². The van der Waals surface area contributed by atoms with Crippen molar-refractivity contribution in [3.63, 3.8) is 0 Å². The third-order valence-electron chi connectivity index (χ3n) is 3.18. The van der Waals surface area contributed by atoms with Gasteiger partial charge < -0.3 is 25.3 Å². The second-order valence-electron chi connectivity index (χ2n) is 6.48. The SMILES string of the molecule is COC(=O)C(CNc1cc(Br)cnc1N)OCOCC[Si](C)(C)C. The van der Waals surface area contributed by atoms with Gasteiger partial charge in [0.15, 0.2) is 6.10 Å². The van der Waals surface area contributed by atoms with Gasteiger partial charge in [0.05, 0.1) is 19.3 Å². The van der Waals surface area contributed by atoms with E-state index in [1.807, 2.05) is 0 Å². The molecule has 0 aliphatic carbocycles. The smallest absolute Gasteiger partial charge is 0.336 e. The van der Waals surface area contributed by atoms with Crippen molar-refractivity contribution in [1.29, 1.82) is 0 Å². The largest absolute Gasteiger partial charge is 0.467 e. The molecule has 0 aliphatic rings. The number of carbonyl (C=O) groups excluding carboxylic acids is 1. The van der Waals surface area contributed by atoms with Crippen LogP contribution in [0.15, 0.2) is 16.7 Å². The fourth-order valence-electron chi connectivity index (χ4n) is 1.70. The fraction of sp³-hybridized carbons (Fsp3) is 0.600. The molecule has 0 aliphatic heterocycles. The van der Waals surface area contributed by atoms with Crippen LogP contribution in [0.3, 0.4) is 0 Å². The van der Waals surface area contributed by atoms with Crippen LogP contribution in [0.4, 0.5) is 11.5 Å². The maximum absolute atomic E-state index is 11.8. The maximum Gasteiger partial charge on any atom is 0.336 e. The number of hydrogen-bond donors (Lipinski definition) is 2. The van der Waals surface area contributed by atoms with E-state index in [4.69, 9.17) is 19.9 Å². The number of nitrogen functional groups attached to an aromatic ring is 1. The highest BCUT2D eigenvalue weighted by Gasteiger charge is 2.20. The van der Waals surface area contributed by atoms with Crippen molar-refractivity contribution >= 4 is 41.5 Å². The van der Waals surface area contributed by atoms with Crippen molar-refractivity contribution in [1.82, 2.24) is 4.98 Å². The number of rotatable bonds is 10. The van der Waals surface area contributed by atoms with Gasteiger partial charge in [-0.1, -0.05) is 19.6 Å². The molecule has 0 aromatic carbocycles. The fourth-order valence-corrected chi connectivity index (χ4v) is 2.79. The number of hydrogen-bond acceptors (Lipinski definition) is 7. The van der Waals surface area contributed by atoms with Crippen molar-refractivity contribution < 1.29 is 19.0 Å². The lowest BCUT2D eigenvalue weighted by Gasteiger charge is -2.19. The van der Waals surface area contributed by atoms with Crippen molar-refractivity contribution in [3.8, 4) is 0 Å². The highest BCUT2D eigenvalue weighted by atomic mass is 79.9. The van der Waals surface area contributed by atoms with Crippen LogP contribution in [0, 0.1) is 0 Å². The highest BCUT2D eigenvalue weighted by molar-refractivity contribution is 9.10. The quantitative estimate of drug-likeness (QED) is 0.260. The summed E-state index contributed by atoms with van der Waals surface area (Å²) in [6.07, 6.45) is 0.807. The number of ether oxygens (including phenoxy) is 3. The molecule has 7 nitrogen and oxygen atoms in total. The summed E-state index contributed by atoms with van der Waals surface area (Å²) in [4.78, 5) is 15.8. The van der Waals surface area contributed by atoms with Crippen molar-refractivity contribution in [3.05, 3.63) is 16.7 Å². The molecule has 24 heavy (non-hydrogen) atoms. The van der Waals surface area contributed by atoms with Crippen LogP contribution in [-0.4, -0.2) is 52.2 Å². The standard InChI is InChI=1S/C15H26BrN3O4Si/c1-21-15(20)13(23-10-22-5-6-24(2,3)4)9-18-12-7-11(16)8-19-14(12)17/h7-8,13,18H,5-6,9-10H2,1-4H3,(H2,17,19). The molecule has 1 heterocycles. The van der Waals surface area contributed by atoms with Gasteiger partial charge >= 0.3 is 5.97 Å². The van der Waals surface area contributed by atoms with Crippen LogP contribution in [0.1, 0.15) is 0 Å². The Morgan fingerprint density at radius 1 is 1.46 bits per heavy atom. The van der Waals surface area contributed by atoms with Gasteiger partial charge in [0.2, 0.25) is 0 Å². The van der Waals surface area contributed by atoms with Gasteiger partial charge in [-0.05, 0) is 28.0 Å². The lowest BCUT2D eigenvalue weighted by atomic mass is 10.3. The minimum absolute atomic E-state index is 0.0398. The molecule has 1 unspecified atom stereocenters. The Balaban J connectivity index is 2.48. The van der Waals surface area contributed by atoms with Crippen LogP contribution in [-0.2, 0) is 19.0 Å². The molecule has 1 atom stereocenters. The highest BCUT2D eigenvalue weighted by Crippen LogP contribution is 2.20. The summed E-state index contributed by atoms with van der Waals surface area (Å²) in [7, 11) is 0.175. The molecular weight excluding hydrogens is 394 g/mol. The molecule has 0 amide bonds. The molecule has 1 aromatic heterocycles. The average molecular weight is 420 g/mol. The predicted octanol–water partition coefficient (Wildman–Crippen LogP) is 2.71. The normalized spacial score (nSPS) is 12.7. The molecule has 1 rings (SSSR count). The predicted molar refractivity (Wildman–Crippen MR) is 101 cm³/mol. The number of anilines is 2. The Labute approximate surface area is 152 Å². The van der Waals surface area contributed by atoms with Gasteiger partial charge in [0.25, 0.3) is 0 Å². The number of nitrogens with two attached hydrogens (primary N) is 1. The van der Waals surface area contributed by atoms with Gasteiger partial charge in [-0.25, -0.2) is 9.78 Å². The van der Waals surface area contributed by atoms with E-state index in [1.165, 1.54) is 7.11 Å². The number of nitrogens with zero attached hydrogens (tertiary/aromatic N) is 1. The van der Waals surface area contributed by atoms with Crippen LogP contribution >= 0.6 is 15.9 Å². The summed E-state index contributed by atoms with van der Waals surface area (Å²) < 4.78 is 16.5. The van der Waals surface area contributed by atoms with E-state index in [1.54, 1.807) is 12.3 Å². The number of carbonyl (C=O) groups is 1. The lowest BCUT2D eigenvalue weighted by Crippen LogP contribution is -2.34. The molecule has 0 saturated carbocycles. The van der Waals surface area contributed by atoms with E-state index in [2.05, 4.69) is 45.9 Å². The first-order valence-corrected chi connectivity index (χ1v) is 12.1. The van der Waals surface area contributed by atoms with Crippen LogP contribution in [0.25, 0.3) is 0 Å². The van der Waals surface area contributed by atoms with E-state index in [0.29, 0.717) is 18.1 Å². The van der Waals surface area contributed by atoms with Crippen molar-refractivity contribution in [2.75, 3.05) is 38.1 Å². The number of esters is 1. The number of methoxy groups -OCH3 is 1. The number of halogens is 1. The molecule has 136 valence electrons.